The monoisotopic (exact) mass is 425 g/mol. The number of ketones is 1. The zero-order chi connectivity index (χ0) is 22.1. The molecule has 0 radical (unpaired) electrons. The molecular weight excluding hydrogens is 406 g/mol. The van der Waals surface area contributed by atoms with Crippen LogP contribution in [0.2, 0.25) is 0 Å². The largest absolute Gasteiger partial charge is 0.497 e. The number of methoxy groups -OCH3 is 1. The smallest absolute Gasteiger partial charge is 0.269 e. The Bertz CT molecular complexity index is 1330. The van der Waals surface area contributed by atoms with Crippen LogP contribution >= 0.6 is 0 Å². The molecule has 5 rings (SSSR count). The molecule has 1 amide bonds. The van der Waals surface area contributed by atoms with Gasteiger partial charge in [0.1, 0.15) is 17.1 Å². The first-order valence-electron chi connectivity index (χ1n) is 10.1. The first kappa shape index (κ1) is 19.6. The summed E-state index contributed by atoms with van der Waals surface area (Å²) in [4.78, 5) is 33.8. The van der Waals surface area contributed by atoms with E-state index in [1.165, 1.54) is 0 Å². The second kappa shape index (κ2) is 8.07. The summed E-state index contributed by atoms with van der Waals surface area (Å²) < 4.78 is 6.89. The quantitative estimate of drug-likeness (QED) is 0.494. The molecule has 0 unspecified atom stereocenters. The SMILES string of the molecule is COc1cccc(C(=O)c2ccc(-c3nccc(-c4cc5n(n4)CCNC5=O)n3)cc2)c1. The maximum Gasteiger partial charge on any atom is 0.269 e. The minimum atomic E-state index is -0.138. The summed E-state index contributed by atoms with van der Waals surface area (Å²) in [5, 5.41) is 7.31. The van der Waals surface area contributed by atoms with Crippen LogP contribution < -0.4 is 10.1 Å². The molecule has 2 aromatic heterocycles. The number of aromatic nitrogens is 4. The number of fused-ring (bicyclic) bond motifs is 1. The molecule has 0 spiro atoms. The average Bonchev–Trinajstić information content (AvgIpc) is 3.30. The highest BCUT2D eigenvalue weighted by atomic mass is 16.5. The maximum absolute atomic E-state index is 12.8. The lowest BCUT2D eigenvalue weighted by atomic mass is 10.0. The summed E-state index contributed by atoms with van der Waals surface area (Å²) in [5.74, 6) is 0.919. The molecule has 1 N–H and O–H groups in total. The van der Waals surface area contributed by atoms with E-state index in [4.69, 9.17) is 4.74 Å². The summed E-state index contributed by atoms with van der Waals surface area (Å²) >= 11 is 0. The van der Waals surface area contributed by atoms with Gasteiger partial charge in [-0.25, -0.2) is 9.97 Å². The number of rotatable bonds is 5. The summed E-state index contributed by atoms with van der Waals surface area (Å²) in [6.07, 6.45) is 1.66. The highest BCUT2D eigenvalue weighted by Crippen LogP contribution is 2.23. The van der Waals surface area contributed by atoms with Gasteiger partial charge in [0.25, 0.3) is 5.91 Å². The topological polar surface area (TPSA) is 99.0 Å². The third kappa shape index (κ3) is 3.62. The third-order valence-corrected chi connectivity index (χ3v) is 5.28. The van der Waals surface area contributed by atoms with E-state index in [0.29, 0.717) is 52.9 Å². The first-order chi connectivity index (χ1) is 15.6. The molecular formula is C24H19N5O3. The van der Waals surface area contributed by atoms with Crippen molar-refractivity contribution in [3.8, 4) is 28.5 Å². The zero-order valence-electron chi connectivity index (χ0n) is 17.3. The van der Waals surface area contributed by atoms with Gasteiger partial charge in [-0.2, -0.15) is 5.10 Å². The first-order valence-corrected chi connectivity index (χ1v) is 10.1. The van der Waals surface area contributed by atoms with Crippen LogP contribution in [0.4, 0.5) is 0 Å². The fourth-order valence-electron chi connectivity index (χ4n) is 3.60. The molecule has 0 atom stereocenters. The summed E-state index contributed by atoms with van der Waals surface area (Å²) in [5.41, 5.74) is 3.66. The number of hydrogen-bond acceptors (Lipinski definition) is 6. The molecule has 0 bridgehead atoms. The second-order valence-electron chi connectivity index (χ2n) is 7.30. The van der Waals surface area contributed by atoms with E-state index in [1.54, 1.807) is 66.5 Å². The van der Waals surface area contributed by atoms with Crippen LogP contribution in [0.3, 0.4) is 0 Å². The third-order valence-electron chi connectivity index (χ3n) is 5.28. The van der Waals surface area contributed by atoms with Crippen molar-refractivity contribution in [1.82, 2.24) is 25.1 Å². The predicted octanol–water partition coefficient (Wildman–Crippen LogP) is 2.99. The normalized spacial score (nSPS) is 12.7. The van der Waals surface area contributed by atoms with E-state index in [1.807, 2.05) is 12.1 Å². The fraction of sp³-hybridized carbons (Fsp3) is 0.125. The van der Waals surface area contributed by atoms with Crippen LogP contribution in [0.15, 0.2) is 66.9 Å². The van der Waals surface area contributed by atoms with Gasteiger partial charge in [-0.1, -0.05) is 36.4 Å². The Labute approximate surface area is 183 Å². The van der Waals surface area contributed by atoms with E-state index >= 15 is 0 Å². The minimum Gasteiger partial charge on any atom is -0.497 e. The van der Waals surface area contributed by atoms with Crippen molar-refractivity contribution >= 4 is 11.7 Å². The standard InChI is InChI=1S/C24H19N5O3/c1-32-18-4-2-3-17(13-18)22(30)15-5-7-16(8-6-15)23-25-10-9-19(27-23)20-14-21-24(31)26-11-12-29(21)28-20/h2-10,13-14H,11-12H2,1H3,(H,26,31). The maximum atomic E-state index is 12.8. The molecule has 0 aliphatic carbocycles. The lowest BCUT2D eigenvalue weighted by molar-refractivity contribution is 0.0924. The van der Waals surface area contributed by atoms with Crippen LogP contribution in [0.1, 0.15) is 26.4 Å². The lowest BCUT2D eigenvalue weighted by Gasteiger charge is -2.13. The Balaban J connectivity index is 1.41. The number of carbonyl (C=O) groups is 2. The Morgan fingerprint density at radius 3 is 2.66 bits per heavy atom. The molecule has 0 saturated heterocycles. The van der Waals surface area contributed by atoms with E-state index < -0.39 is 0 Å². The van der Waals surface area contributed by atoms with Gasteiger partial charge < -0.3 is 10.1 Å². The van der Waals surface area contributed by atoms with E-state index in [9.17, 15) is 9.59 Å². The van der Waals surface area contributed by atoms with Crippen molar-refractivity contribution in [2.24, 2.45) is 0 Å². The highest BCUT2D eigenvalue weighted by molar-refractivity contribution is 6.09. The number of benzene rings is 2. The molecule has 32 heavy (non-hydrogen) atoms. The fourth-order valence-corrected chi connectivity index (χ4v) is 3.60. The number of nitrogens with zero attached hydrogens (tertiary/aromatic N) is 4. The van der Waals surface area contributed by atoms with Crippen molar-refractivity contribution in [2.45, 2.75) is 6.54 Å². The number of nitrogens with one attached hydrogen (secondary N) is 1. The molecule has 1 aliphatic rings. The molecule has 2 aromatic carbocycles. The van der Waals surface area contributed by atoms with Crippen molar-refractivity contribution < 1.29 is 14.3 Å². The highest BCUT2D eigenvalue weighted by Gasteiger charge is 2.20. The molecule has 1 aliphatic heterocycles. The van der Waals surface area contributed by atoms with Gasteiger partial charge in [-0.15, -0.1) is 0 Å². The van der Waals surface area contributed by atoms with E-state index in [0.717, 1.165) is 5.56 Å². The second-order valence-corrected chi connectivity index (χ2v) is 7.30. The summed E-state index contributed by atoms with van der Waals surface area (Å²) in [6.45, 7) is 1.19. The van der Waals surface area contributed by atoms with Gasteiger partial charge in [0.15, 0.2) is 11.6 Å². The van der Waals surface area contributed by atoms with E-state index in [2.05, 4.69) is 20.4 Å². The Hall–Kier alpha value is -4.33. The van der Waals surface area contributed by atoms with Crippen molar-refractivity contribution in [3.63, 3.8) is 0 Å². The molecule has 8 heteroatoms. The molecule has 8 nitrogen and oxygen atoms in total. The van der Waals surface area contributed by atoms with E-state index in [-0.39, 0.29) is 11.7 Å². The number of amides is 1. The van der Waals surface area contributed by atoms with Crippen LogP contribution in [0.25, 0.3) is 22.8 Å². The molecule has 3 heterocycles. The Morgan fingerprint density at radius 2 is 1.88 bits per heavy atom. The van der Waals surface area contributed by atoms with Gasteiger partial charge in [-0.05, 0) is 24.3 Å². The van der Waals surface area contributed by atoms with Crippen molar-refractivity contribution in [1.29, 1.82) is 0 Å². The Morgan fingerprint density at radius 1 is 1.03 bits per heavy atom. The number of hydrogen-bond donors (Lipinski definition) is 1. The molecule has 0 saturated carbocycles. The average molecular weight is 425 g/mol. The van der Waals surface area contributed by atoms with Gasteiger partial charge >= 0.3 is 0 Å². The van der Waals surface area contributed by atoms with Crippen molar-refractivity contribution in [3.05, 3.63) is 83.7 Å². The van der Waals surface area contributed by atoms with Crippen LogP contribution in [-0.2, 0) is 6.54 Å². The number of carbonyl (C=O) groups excluding carboxylic acids is 2. The summed E-state index contributed by atoms with van der Waals surface area (Å²) in [7, 11) is 1.57. The van der Waals surface area contributed by atoms with Crippen LogP contribution in [-0.4, -0.2) is 45.1 Å². The van der Waals surface area contributed by atoms with Crippen molar-refractivity contribution in [2.75, 3.05) is 13.7 Å². The summed E-state index contributed by atoms with van der Waals surface area (Å²) in [6, 6.07) is 17.7. The van der Waals surface area contributed by atoms with Gasteiger partial charge in [0.05, 0.1) is 19.3 Å². The number of ether oxygens (including phenoxy) is 1. The predicted molar refractivity (Wildman–Crippen MR) is 117 cm³/mol. The molecule has 0 fully saturated rings. The van der Waals surface area contributed by atoms with Crippen LogP contribution in [0, 0.1) is 0 Å². The minimum absolute atomic E-state index is 0.0908. The van der Waals surface area contributed by atoms with Gasteiger partial charge in [0, 0.05) is 29.4 Å². The van der Waals surface area contributed by atoms with Crippen LogP contribution in [0.5, 0.6) is 5.75 Å². The molecule has 158 valence electrons. The van der Waals surface area contributed by atoms with Gasteiger partial charge in [0.2, 0.25) is 0 Å². The van der Waals surface area contributed by atoms with Gasteiger partial charge in [-0.3, -0.25) is 14.3 Å². The molecule has 4 aromatic rings. The zero-order valence-corrected chi connectivity index (χ0v) is 17.3. The lowest BCUT2D eigenvalue weighted by Crippen LogP contribution is -2.35. The Kier molecular flexibility index (Phi) is 4.95.